The first-order chi connectivity index (χ1) is 13.4. The van der Waals surface area contributed by atoms with E-state index in [1.165, 1.54) is 27.8 Å². The Kier molecular flexibility index (Phi) is 3.60. The Labute approximate surface area is 164 Å². The van der Waals surface area contributed by atoms with E-state index in [0.717, 1.165) is 34.6 Å². The highest BCUT2D eigenvalue weighted by molar-refractivity contribution is 6.19. The lowest BCUT2D eigenvalue weighted by Gasteiger charge is -2.23. The number of hydrogen-bond donors (Lipinski definition) is 2. The van der Waals surface area contributed by atoms with Crippen LogP contribution in [0.1, 0.15) is 32.8 Å². The molecule has 2 N–H and O–H groups in total. The van der Waals surface area contributed by atoms with E-state index in [4.69, 9.17) is 9.98 Å². The van der Waals surface area contributed by atoms with E-state index in [2.05, 4.69) is 68.4 Å². The summed E-state index contributed by atoms with van der Waals surface area (Å²) in [6, 6.07) is 2.19. The molecule has 1 aromatic rings. The third-order valence-electron chi connectivity index (χ3n) is 5.69. The van der Waals surface area contributed by atoms with E-state index >= 15 is 0 Å². The monoisotopic (exact) mass is 368 g/mol. The van der Waals surface area contributed by atoms with Crippen LogP contribution in [0.3, 0.4) is 0 Å². The molecular weight excluding hydrogens is 344 g/mol. The quantitative estimate of drug-likeness (QED) is 0.726. The fraction of sp³-hybridized carbons (Fsp3) is 0.250. The second-order valence-corrected chi connectivity index (χ2v) is 8.31. The Bertz CT molecular complexity index is 1240. The lowest BCUT2D eigenvalue weighted by atomic mass is 9.96. The van der Waals surface area contributed by atoms with Crippen molar-refractivity contribution in [2.45, 2.75) is 39.7 Å². The van der Waals surface area contributed by atoms with E-state index in [0.29, 0.717) is 0 Å². The molecule has 1 atom stereocenters. The Hall–Kier alpha value is -3.14. The number of nitrogens with zero attached hydrogens (tertiary/aromatic N) is 2. The first-order valence-corrected chi connectivity index (χ1v) is 9.73. The third kappa shape index (κ3) is 2.85. The van der Waals surface area contributed by atoms with Crippen LogP contribution in [-0.4, -0.2) is 21.9 Å². The number of aryl methyl sites for hydroxylation is 1. The van der Waals surface area contributed by atoms with Crippen LogP contribution in [-0.2, 0) is 0 Å². The van der Waals surface area contributed by atoms with Gasteiger partial charge in [0, 0.05) is 16.4 Å². The molecule has 4 nitrogen and oxygen atoms in total. The Morgan fingerprint density at radius 1 is 0.929 bits per heavy atom. The molecule has 0 saturated carbocycles. The van der Waals surface area contributed by atoms with Crippen LogP contribution >= 0.6 is 0 Å². The highest BCUT2D eigenvalue weighted by Gasteiger charge is 2.32. The Morgan fingerprint density at radius 3 is 2.46 bits per heavy atom. The van der Waals surface area contributed by atoms with Crippen LogP contribution in [0.2, 0.25) is 0 Å². The van der Waals surface area contributed by atoms with Crippen molar-refractivity contribution in [1.29, 1.82) is 0 Å². The molecular formula is C24H24N4. The maximum atomic E-state index is 4.77. The number of aromatic nitrogens is 1. The van der Waals surface area contributed by atoms with Gasteiger partial charge in [-0.2, -0.15) is 0 Å². The van der Waals surface area contributed by atoms with Crippen LogP contribution in [0.4, 0.5) is 0 Å². The van der Waals surface area contributed by atoms with E-state index in [1.807, 2.05) is 18.2 Å². The molecule has 28 heavy (non-hydrogen) atoms. The number of aromatic amines is 1. The fourth-order valence-electron chi connectivity index (χ4n) is 4.50. The van der Waals surface area contributed by atoms with Crippen molar-refractivity contribution < 1.29 is 0 Å². The van der Waals surface area contributed by atoms with Crippen LogP contribution < -0.4 is 16.0 Å². The molecule has 0 fully saturated rings. The van der Waals surface area contributed by atoms with Gasteiger partial charge in [-0.3, -0.25) is 0 Å². The summed E-state index contributed by atoms with van der Waals surface area (Å²) in [7, 11) is 0. The van der Waals surface area contributed by atoms with Crippen molar-refractivity contribution in [2.24, 2.45) is 9.98 Å². The van der Waals surface area contributed by atoms with E-state index in [-0.39, 0.29) is 5.54 Å². The molecule has 0 aliphatic carbocycles. The van der Waals surface area contributed by atoms with Gasteiger partial charge in [-0.25, -0.2) is 9.98 Å². The first kappa shape index (κ1) is 17.0. The molecule has 0 radical (unpaired) electrons. The lowest BCUT2D eigenvalue weighted by molar-refractivity contribution is 0.524. The highest BCUT2D eigenvalue weighted by atomic mass is 15.0. The Balaban J connectivity index is 1.75. The normalized spacial score (nSPS) is 32.2. The summed E-state index contributed by atoms with van der Waals surface area (Å²) in [6.07, 6.45) is 15.6. The number of fused-ring (bicyclic) bond motifs is 6. The van der Waals surface area contributed by atoms with Gasteiger partial charge in [0.1, 0.15) is 0 Å². The van der Waals surface area contributed by atoms with Crippen molar-refractivity contribution in [3.8, 4) is 0 Å². The van der Waals surface area contributed by atoms with E-state index in [1.54, 1.807) is 0 Å². The minimum absolute atomic E-state index is 0.141. The largest absolute Gasteiger partial charge is 0.376 e. The third-order valence-corrected chi connectivity index (χ3v) is 5.69. The summed E-state index contributed by atoms with van der Waals surface area (Å²) in [4.78, 5) is 13.1. The Morgan fingerprint density at radius 2 is 1.64 bits per heavy atom. The van der Waals surface area contributed by atoms with Gasteiger partial charge < -0.3 is 10.3 Å². The lowest BCUT2D eigenvalue weighted by Crippen LogP contribution is -2.36. The summed E-state index contributed by atoms with van der Waals surface area (Å²) in [5.74, 6) is 0. The summed E-state index contributed by atoms with van der Waals surface area (Å²) in [6.45, 7) is 8.81. The van der Waals surface area contributed by atoms with Gasteiger partial charge in [-0.05, 0) is 99.4 Å². The molecule has 5 heterocycles. The summed E-state index contributed by atoms with van der Waals surface area (Å²) < 4.78 is 0. The molecule has 4 heteroatoms. The number of hydrogen-bond acceptors (Lipinski definition) is 3. The molecule has 1 unspecified atom stereocenters. The molecule has 5 rings (SSSR count). The predicted octanol–water partition coefficient (Wildman–Crippen LogP) is 3.10. The van der Waals surface area contributed by atoms with E-state index < -0.39 is 0 Å². The molecule has 0 amide bonds. The number of H-pyrrole nitrogens is 1. The number of aliphatic imine (C=N–C) groups is 2. The molecule has 1 aromatic heterocycles. The highest BCUT2D eigenvalue weighted by Crippen LogP contribution is 2.33. The van der Waals surface area contributed by atoms with Crippen molar-refractivity contribution >= 4 is 23.1 Å². The van der Waals surface area contributed by atoms with Gasteiger partial charge in [-0.15, -0.1) is 0 Å². The number of rotatable bonds is 0. The second-order valence-electron chi connectivity index (χ2n) is 8.31. The minimum atomic E-state index is -0.141. The second kappa shape index (κ2) is 5.93. The van der Waals surface area contributed by atoms with E-state index in [9.17, 15) is 0 Å². The minimum Gasteiger partial charge on any atom is -0.376 e. The average molecular weight is 368 g/mol. The van der Waals surface area contributed by atoms with Crippen molar-refractivity contribution in [3.05, 3.63) is 81.4 Å². The van der Waals surface area contributed by atoms with Gasteiger partial charge in [0.15, 0.2) is 0 Å². The van der Waals surface area contributed by atoms with Gasteiger partial charge in [-0.1, -0.05) is 0 Å². The zero-order valence-corrected chi connectivity index (χ0v) is 16.7. The fourth-order valence-corrected chi connectivity index (χ4v) is 4.50. The van der Waals surface area contributed by atoms with Gasteiger partial charge >= 0.3 is 0 Å². The van der Waals surface area contributed by atoms with Crippen LogP contribution in [0.15, 0.2) is 75.2 Å². The summed E-state index contributed by atoms with van der Waals surface area (Å²) in [5.41, 5.74) is 8.77. The maximum absolute atomic E-state index is 4.77. The summed E-state index contributed by atoms with van der Waals surface area (Å²) in [5, 5.41) is 6.02. The SMILES string of the molecule is CC1=C2NC(C)(/C=C3/C=CC(=N3)/C=C3/C=CC(=N3)/C=c3/cc(C)/c([nH]3)=C/2C)C1. The molecule has 4 aliphatic heterocycles. The van der Waals surface area contributed by atoms with Gasteiger partial charge in [0.2, 0.25) is 0 Å². The zero-order valence-electron chi connectivity index (χ0n) is 16.7. The van der Waals surface area contributed by atoms with Crippen LogP contribution in [0.25, 0.3) is 11.6 Å². The maximum Gasteiger partial charge on any atom is 0.0659 e. The average Bonchev–Trinajstić information content (AvgIpc) is 3.37. The smallest absolute Gasteiger partial charge is 0.0659 e. The molecule has 0 saturated heterocycles. The molecule has 4 aliphatic rings. The van der Waals surface area contributed by atoms with Crippen LogP contribution in [0, 0.1) is 6.92 Å². The summed E-state index contributed by atoms with van der Waals surface area (Å²) >= 11 is 0. The molecule has 0 aromatic carbocycles. The zero-order chi connectivity index (χ0) is 19.5. The molecule has 0 spiro atoms. The van der Waals surface area contributed by atoms with Crippen LogP contribution in [0.5, 0.6) is 0 Å². The molecule has 140 valence electrons. The van der Waals surface area contributed by atoms with Crippen molar-refractivity contribution in [2.75, 3.05) is 0 Å². The topological polar surface area (TPSA) is 52.5 Å². The van der Waals surface area contributed by atoms with Gasteiger partial charge in [0.05, 0.1) is 28.4 Å². The predicted molar refractivity (Wildman–Crippen MR) is 117 cm³/mol. The standard InChI is InChI=1S/C24H24N4/c1-14-9-21-11-19-6-5-17(25-19)10-18-7-8-20(26-18)13-24(4)12-15(2)23(28-24)16(3)22(14)27-21/h5-11,13,27-28H,12H2,1-4H3/b17-10-,20-13-,21-11-,22-16-. The van der Waals surface area contributed by atoms with Crippen molar-refractivity contribution in [3.63, 3.8) is 0 Å². The first-order valence-electron chi connectivity index (χ1n) is 9.73. The molecule has 8 bridgehead atoms. The number of allylic oxidation sites excluding steroid dienone is 6. The number of nitrogens with one attached hydrogen (secondary N) is 2. The van der Waals surface area contributed by atoms with Gasteiger partial charge in [0.25, 0.3) is 0 Å². The van der Waals surface area contributed by atoms with Crippen molar-refractivity contribution in [1.82, 2.24) is 10.3 Å².